The molecule has 1 heterocycles. The van der Waals surface area contributed by atoms with Gasteiger partial charge in [0.1, 0.15) is 5.76 Å². The van der Waals surface area contributed by atoms with Crippen LogP contribution in [-0.4, -0.2) is 23.8 Å². The molecule has 1 fully saturated rings. The lowest BCUT2D eigenvalue weighted by atomic mass is 10.00. The van der Waals surface area contributed by atoms with Crippen LogP contribution in [0.2, 0.25) is 0 Å². The summed E-state index contributed by atoms with van der Waals surface area (Å²) in [6.07, 6.45) is 9.83. The van der Waals surface area contributed by atoms with E-state index in [1.54, 1.807) is 6.26 Å². The van der Waals surface area contributed by atoms with Crippen molar-refractivity contribution >= 4 is 0 Å². The van der Waals surface area contributed by atoms with E-state index in [0.717, 1.165) is 37.5 Å². The molecule has 0 spiro atoms. The molecule has 3 heteroatoms. The van der Waals surface area contributed by atoms with Gasteiger partial charge in [-0.2, -0.15) is 0 Å². The zero-order valence-electron chi connectivity index (χ0n) is 12.0. The third-order valence-corrected chi connectivity index (χ3v) is 4.19. The van der Waals surface area contributed by atoms with Crippen LogP contribution in [0, 0.1) is 5.92 Å². The van der Waals surface area contributed by atoms with Crippen LogP contribution in [0.4, 0.5) is 0 Å². The average Bonchev–Trinajstić information content (AvgIpc) is 3.06. The van der Waals surface area contributed by atoms with E-state index in [4.69, 9.17) is 4.42 Å². The smallest absolute Gasteiger partial charge is 0.103 e. The monoisotopic (exact) mass is 265 g/mol. The molecule has 1 aromatic rings. The van der Waals surface area contributed by atoms with E-state index in [9.17, 15) is 5.11 Å². The van der Waals surface area contributed by atoms with E-state index in [0.29, 0.717) is 6.04 Å². The first-order valence-corrected chi connectivity index (χ1v) is 7.68. The summed E-state index contributed by atoms with van der Waals surface area (Å²) >= 11 is 0. The molecule has 2 unspecified atom stereocenters. The second kappa shape index (κ2) is 7.71. The number of rotatable bonds is 8. The number of hydrogen-bond donors (Lipinski definition) is 2. The van der Waals surface area contributed by atoms with Gasteiger partial charge < -0.3 is 14.8 Å². The fourth-order valence-corrected chi connectivity index (χ4v) is 2.97. The van der Waals surface area contributed by atoms with Gasteiger partial charge in [0.15, 0.2) is 0 Å². The van der Waals surface area contributed by atoms with Gasteiger partial charge in [-0.25, -0.2) is 0 Å². The molecule has 3 nitrogen and oxygen atoms in total. The fraction of sp³-hybridized carbons (Fsp3) is 0.750. The minimum Gasteiger partial charge on any atom is -0.469 e. The van der Waals surface area contributed by atoms with E-state index in [-0.39, 0.29) is 6.10 Å². The van der Waals surface area contributed by atoms with E-state index < -0.39 is 0 Å². The van der Waals surface area contributed by atoms with Gasteiger partial charge in [-0.1, -0.05) is 25.7 Å². The zero-order chi connectivity index (χ0) is 13.5. The van der Waals surface area contributed by atoms with Crippen LogP contribution >= 0.6 is 0 Å². The van der Waals surface area contributed by atoms with Crippen LogP contribution in [0.5, 0.6) is 0 Å². The van der Waals surface area contributed by atoms with Gasteiger partial charge in [0.05, 0.1) is 12.4 Å². The van der Waals surface area contributed by atoms with Gasteiger partial charge in [0, 0.05) is 19.0 Å². The number of hydrogen-bond acceptors (Lipinski definition) is 3. The van der Waals surface area contributed by atoms with Crippen LogP contribution in [0.25, 0.3) is 0 Å². The number of aliphatic hydroxyl groups excluding tert-OH is 1. The number of aryl methyl sites for hydroxylation is 1. The first-order chi connectivity index (χ1) is 9.24. The molecule has 1 saturated carbocycles. The molecule has 0 amide bonds. The Kier molecular flexibility index (Phi) is 5.93. The lowest BCUT2D eigenvalue weighted by Gasteiger charge is -2.19. The number of aliphatic hydroxyl groups is 1. The molecule has 0 radical (unpaired) electrons. The van der Waals surface area contributed by atoms with Crippen molar-refractivity contribution in [3.63, 3.8) is 0 Å². The Bertz CT molecular complexity index is 331. The summed E-state index contributed by atoms with van der Waals surface area (Å²) in [4.78, 5) is 0. The minimum absolute atomic E-state index is 0.186. The zero-order valence-corrected chi connectivity index (χ0v) is 12.0. The summed E-state index contributed by atoms with van der Waals surface area (Å²) < 4.78 is 5.32. The maximum Gasteiger partial charge on any atom is 0.103 e. The van der Waals surface area contributed by atoms with Gasteiger partial charge in [-0.15, -0.1) is 0 Å². The second-order valence-corrected chi connectivity index (χ2v) is 5.97. The predicted molar refractivity (Wildman–Crippen MR) is 77.1 cm³/mol. The van der Waals surface area contributed by atoms with E-state index in [2.05, 4.69) is 12.2 Å². The van der Waals surface area contributed by atoms with Crippen LogP contribution in [0.1, 0.15) is 51.2 Å². The minimum atomic E-state index is -0.186. The highest BCUT2D eigenvalue weighted by atomic mass is 16.3. The Morgan fingerprint density at radius 2 is 2.21 bits per heavy atom. The van der Waals surface area contributed by atoms with E-state index in [1.165, 1.54) is 25.7 Å². The lowest BCUT2D eigenvalue weighted by molar-refractivity contribution is 0.137. The van der Waals surface area contributed by atoms with Gasteiger partial charge in [0.2, 0.25) is 0 Å². The van der Waals surface area contributed by atoms with Crippen molar-refractivity contribution < 1.29 is 9.52 Å². The maximum absolute atomic E-state index is 10.0. The van der Waals surface area contributed by atoms with Crippen LogP contribution in [0.15, 0.2) is 22.8 Å². The quantitative estimate of drug-likeness (QED) is 0.759. The molecule has 1 aliphatic carbocycles. The van der Waals surface area contributed by atoms with Crippen LogP contribution < -0.4 is 5.32 Å². The highest BCUT2D eigenvalue weighted by Crippen LogP contribution is 2.28. The van der Waals surface area contributed by atoms with E-state index in [1.807, 2.05) is 12.1 Å². The lowest BCUT2D eigenvalue weighted by Crippen LogP contribution is -2.34. The summed E-state index contributed by atoms with van der Waals surface area (Å²) in [6.45, 7) is 2.89. The second-order valence-electron chi connectivity index (χ2n) is 5.97. The number of nitrogens with one attached hydrogen (secondary N) is 1. The normalized spacial score (nSPS) is 19.7. The molecule has 2 rings (SSSR count). The van der Waals surface area contributed by atoms with Crippen molar-refractivity contribution in [1.82, 2.24) is 5.32 Å². The maximum atomic E-state index is 10.0. The predicted octanol–water partition coefficient (Wildman–Crippen LogP) is 3.13. The third-order valence-electron chi connectivity index (χ3n) is 4.19. The molecule has 2 N–H and O–H groups in total. The highest BCUT2D eigenvalue weighted by Gasteiger charge is 2.18. The molecular formula is C16H27NO2. The van der Waals surface area contributed by atoms with Gasteiger partial charge in [-0.3, -0.25) is 0 Å². The molecule has 0 aromatic carbocycles. The molecule has 0 aliphatic heterocycles. The summed E-state index contributed by atoms with van der Waals surface area (Å²) in [7, 11) is 0. The summed E-state index contributed by atoms with van der Waals surface area (Å²) in [5.74, 6) is 1.80. The number of furan rings is 1. The Balaban J connectivity index is 1.55. The van der Waals surface area contributed by atoms with Gasteiger partial charge >= 0.3 is 0 Å². The Hall–Kier alpha value is -0.800. The third kappa shape index (κ3) is 5.37. The van der Waals surface area contributed by atoms with Crippen LogP contribution in [-0.2, 0) is 6.42 Å². The molecule has 1 aromatic heterocycles. The molecule has 0 bridgehead atoms. The Morgan fingerprint density at radius 1 is 1.42 bits per heavy atom. The largest absolute Gasteiger partial charge is 0.469 e. The average molecular weight is 265 g/mol. The molecular weight excluding hydrogens is 238 g/mol. The van der Waals surface area contributed by atoms with Gasteiger partial charge in [0.25, 0.3) is 0 Å². The molecule has 1 aliphatic rings. The molecule has 19 heavy (non-hydrogen) atoms. The summed E-state index contributed by atoms with van der Waals surface area (Å²) in [5, 5.41) is 13.5. The van der Waals surface area contributed by atoms with Crippen molar-refractivity contribution in [3.05, 3.63) is 24.2 Å². The molecule has 108 valence electrons. The molecule has 0 saturated heterocycles. The Morgan fingerprint density at radius 3 is 2.89 bits per heavy atom. The van der Waals surface area contributed by atoms with Crippen molar-refractivity contribution in [2.24, 2.45) is 5.92 Å². The topological polar surface area (TPSA) is 45.4 Å². The van der Waals surface area contributed by atoms with Crippen molar-refractivity contribution in [3.8, 4) is 0 Å². The summed E-state index contributed by atoms with van der Waals surface area (Å²) in [6, 6.07) is 4.36. The van der Waals surface area contributed by atoms with E-state index >= 15 is 0 Å². The van der Waals surface area contributed by atoms with Crippen molar-refractivity contribution in [1.29, 1.82) is 0 Å². The van der Waals surface area contributed by atoms with Crippen molar-refractivity contribution in [2.75, 3.05) is 6.54 Å². The van der Waals surface area contributed by atoms with Crippen LogP contribution in [0.3, 0.4) is 0 Å². The first kappa shape index (κ1) is 14.6. The standard InChI is InChI=1S/C16H27NO2/c1-13(8-9-16-7-4-10-19-16)17-12-15(18)11-14-5-2-3-6-14/h4,7,10,13-15,17-18H,2-3,5-6,8-9,11-12H2,1H3. The molecule has 2 atom stereocenters. The Labute approximate surface area is 116 Å². The van der Waals surface area contributed by atoms with Gasteiger partial charge in [-0.05, 0) is 37.8 Å². The first-order valence-electron chi connectivity index (χ1n) is 7.68. The van der Waals surface area contributed by atoms with Crippen molar-refractivity contribution in [2.45, 2.75) is 64.0 Å². The SMILES string of the molecule is CC(CCc1ccco1)NCC(O)CC1CCCC1. The fourth-order valence-electron chi connectivity index (χ4n) is 2.97. The highest BCUT2D eigenvalue weighted by molar-refractivity contribution is 4.98. The summed E-state index contributed by atoms with van der Waals surface area (Å²) in [5.41, 5.74) is 0.